The third-order valence-electron chi connectivity index (χ3n) is 2.96. The zero-order chi connectivity index (χ0) is 12.7. The highest BCUT2D eigenvalue weighted by Gasteiger charge is 2.08. The Balaban J connectivity index is 2.64. The van der Waals surface area contributed by atoms with Crippen molar-refractivity contribution < 1.29 is 4.74 Å². The molecule has 1 N–H and O–H groups in total. The molecule has 0 fully saturated rings. The molecule has 0 amide bonds. The van der Waals surface area contributed by atoms with E-state index in [1.54, 1.807) is 0 Å². The van der Waals surface area contributed by atoms with Gasteiger partial charge in [0.1, 0.15) is 5.75 Å². The molecule has 1 aromatic carbocycles. The Morgan fingerprint density at radius 1 is 1.18 bits per heavy atom. The van der Waals surface area contributed by atoms with Crippen LogP contribution in [-0.2, 0) is 0 Å². The van der Waals surface area contributed by atoms with Gasteiger partial charge in [-0.05, 0) is 63.9 Å². The molecule has 1 aromatic rings. The lowest BCUT2D eigenvalue weighted by Gasteiger charge is -2.16. The molecule has 96 valence electrons. The molecule has 1 unspecified atom stereocenters. The Bertz CT molecular complexity index is 305. The van der Waals surface area contributed by atoms with Crippen molar-refractivity contribution in [2.45, 2.75) is 45.6 Å². The molecule has 0 radical (unpaired) electrons. The summed E-state index contributed by atoms with van der Waals surface area (Å²) in [7, 11) is 2.01. The predicted molar refractivity (Wildman–Crippen MR) is 73.8 cm³/mol. The lowest BCUT2D eigenvalue weighted by atomic mass is 9.93. The summed E-state index contributed by atoms with van der Waals surface area (Å²) in [5.74, 6) is 1.61. The van der Waals surface area contributed by atoms with Crippen LogP contribution in [0, 0.1) is 0 Å². The number of nitrogens with one attached hydrogen (secondary N) is 1. The Hall–Kier alpha value is -1.02. The van der Waals surface area contributed by atoms with E-state index in [1.807, 2.05) is 7.05 Å². The summed E-state index contributed by atoms with van der Waals surface area (Å²) >= 11 is 0. The Morgan fingerprint density at radius 3 is 2.29 bits per heavy atom. The van der Waals surface area contributed by atoms with Gasteiger partial charge in [0.2, 0.25) is 0 Å². The zero-order valence-electron chi connectivity index (χ0n) is 11.5. The number of hydrogen-bond acceptors (Lipinski definition) is 2. The SMILES string of the molecule is CCC(CCNC)c1ccc(OC(C)C)cc1. The summed E-state index contributed by atoms with van der Waals surface area (Å²) in [4.78, 5) is 0. The van der Waals surface area contributed by atoms with E-state index in [4.69, 9.17) is 4.74 Å². The zero-order valence-corrected chi connectivity index (χ0v) is 11.5. The minimum absolute atomic E-state index is 0.243. The smallest absolute Gasteiger partial charge is 0.119 e. The average molecular weight is 235 g/mol. The van der Waals surface area contributed by atoms with Crippen LogP contribution >= 0.6 is 0 Å². The van der Waals surface area contributed by atoms with Crippen LogP contribution in [0.1, 0.15) is 45.1 Å². The van der Waals surface area contributed by atoms with Crippen molar-refractivity contribution in [3.63, 3.8) is 0 Å². The maximum atomic E-state index is 5.65. The highest BCUT2D eigenvalue weighted by Crippen LogP contribution is 2.25. The van der Waals surface area contributed by atoms with Gasteiger partial charge >= 0.3 is 0 Å². The van der Waals surface area contributed by atoms with Gasteiger partial charge in [-0.2, -0.15) is 0 Å². The Morgan fingerprint density at radius 2 is 1.82 bits per heavy atom. The molecule has 1 atom stereocenters. The second-order valence-corrected chi connectivity index (χ2v) is 4.73. The fraction of sp³-hybridized carbons (Fsp3) is 0.600. The molecule has 0 saturated heterocycles. The van der Waals surface area contributed by atoms with Gasteiger partial charge in [0.15, 0.2) is 0 Å². The third kappa shape index (κ3) is 4.78. The molecule has 2 heteroatoms. The van der Waals surface area contributed by atoms with Crippen LogP contribution in [0.3, 0.4) is 0 Å². The van der Waals surface area contributed by atoms with Crippen LogP contribution < -0.4 is 10.1 Å². The van der Waals surface area contributed by atoms with Crippen LogP contribution in [0.2, 0.25) is 0 Å². The van der Waals surface area contributed by atoms with Gasteiger partial charge < -0.3 is 10.1 Å². The second kappa shape index (κ2) is 7.33. The Labute approximate surface area is 105 Å². The topological polar surface area (TPSA) is 21.3 Å². The van der Waals surface area contributed by atoms with Gasteiger partial charge in [0, 0.05) is 0 Å². The van der Waals surface area contributed by atoms with E-state index < -0.39 is 0 Å². The molecule has 0 spiro atoms. The van der Waals surface area contributed by atoms with Crippen molar-refractivity contribution in [1.29, 1.82) is 0 Å². The van der Waals surface area contributed by atoms with Gasteiger partial charge in [0.25, 0.3) is 0 Å². The average Bonchev–Trinajstić information content (AvgIpc) is 2.31. The number of ether oxygens (including phenoxy) is 1. The lowest BCUT2D eigenvalue weighted by Crippen LogP contribution is -2.12. The highest BCUT2D eigenvalue weighted by molar-refractivity contribution is 5.29. The predicted octanol–water partition coefficient (Wildman–Crippen LogP) is 3.58. The highest BCUT2D eigenvalue weighted by atomic mass is 16.5. The molecule has 2 nitrogen and oxygen atoms in total. The van der Waals surface area contributed by atoms with Crippen molar-refractivity contribution in [3.8, 4) is 5.75 Å². The number of benzene rings is 1. The summed E-state index contributed by atoms with van der Waals surface area (Å²) in [5, 5.41) is 3.22. The summed E-state index contributed by atoms with van der Waals surface area (Å²) in [5.41, 5.74) is 1.42. The molecule has 17 heavy (non-hydrogen) atoms. The normalized spacial score (nSPS) is 12.8. The molecule has 1 rings (SSSR count). The second-order valence-electron chi connectivity index (χ2n) is 4.73. The van der Waals surface area contributed by atoms with Crippen LogP contribution in [0.5, 0.6) is 5.75 Å². The first-order valence-electron chi connectivity index (χ1n) is 6.58. The van der Waals surface area contributed by atoms with Crippen molar-refractivity contribution in [3.05, 3.63) is 29.8 Å². The number of rotatable bonds is 7. The van der Waals surface area contributed by atoms with Crippen molar-refractivity contribution in [1.82, 2.24) is 5.32 Å². The first-order valence-corrected chi connectivity index (χ1v) is 6.58. The first kappa shape index (κ1) is 14.0. The summed E-state index contributed by atoms with van der Waals surface area (Å²) in [6.45, 7) is 7.42. The lowest BCUT2D eigenvalue weighted by molar-refractivity contribution is 0.242. The summed E-state index contributed by atoms with van der Waals surface area (Å²) < 4.78 is 5.65. The molecular formula is C15H25NO. The molecule has 0 aliphatic heterocycles. The fourth-order valence-corrected chi connectivity index (χ4v) is 2.02. The number of hydrogen-bond donors (Lipinski definition) is 1. The largest absolute Gasteiger partial charge is 0.491 e. The molecular weight excluding hydrogens is 210 g/mol. The van der Waals surface area contributed by atoms with Gasteiger partial charge in [-0.15, -0.1) is 0 Å². The van der Waals surface area contributed by atoms with Crippen LogP contribution in [0.4, 0.5) is 0 Å². The summed E-state index contributed by atoms with van der Waals surface area (Å²) in [6.07, 6.45) is 2.62. The van der Waals surface area contributed by atoms with Gasteiger partial charge in [-0.3, -0.25) is 0 Å². The quantitative estimate of drug-likeness (QED) is 0.780. The van der Waals surface area contributed by atoms with E-state index in [0.29, 0.717) is 5.92 Å². The minimum atomic E-state index is 0.243. The molecule has 0 heterocycles. The molecule has 0 bridgehead atoms. The van der Waals surface area contributed by atoms with Crippen LogP contribution in [0.15, 0.2) is 24.3 Å². The maximum absolute atomic E-state index is 5.65. The van der Waals surface area contributed by atoms with E-state index >= 15 is 0 Å². The van der Waals surface area contributed by atoms with Gasteiger partial charge in [0.05, 0.1) is 6.10 Å². The molecule has 0 saturated carbocycles. The van der Waals surface area contributed by atoms with E-state index in [9.17, 15) is 0 Å². The Kier molecular flexibility index (Phi) is 6.06. The van der Waals surface area contributed by atoms with E-state index in [0.717, 1.165) is 12.3 Å². The van der Waals surface area contributed by atoms with E-state index in [2.05, 4.69) is 50.4 Å². The third-order valence-corrected chi connectivity index (χ3v) is 2.96. The van der Waals surface area contributed by atoms with Gasteiger partial charge in [-0.1, -0.05) is 19.1 Å². The van der Waals surface area contributed by atoms with Crippen LogP contribution in [0.25, 0.3) is 0 Å². The van der Waals surface area contributed by atoms with Crippen molar-refractivity contribution in [2.75, 3.05) is 13.6 Å². The molecule has 0 aromatic heterocycles. The van der Waals surface area contributed by atoms with Crippen LogP contribution in [-0.4, -0.2) is 19.7 Å². The standard InChI is InChI=1S/C15H25NO/c1-5-13(10-11-16-4)14-6-8-15(9-7-14)17-12(2)3/h6-9,12-13,16H,5,10-11H2,1-4H3. The maximum Gasteiger partial charge on any atom is 0.119 e. The minimum Gasteiger partial charge on any atom is -0.491 e. The van der Waals surface area contributed by atoms with E-state index in [-0.39, 0.29) is 6.10 Å². The summed E-state index contributed by atoms with van der Waals surface area (Å²) in [6, 6.07) is 8.55. The van der Waals surface area contributed by atoms with Gasteiger partial charge in [-0.25, -0.2) is 0 Å². The molecule has 0 aliphatic rings. The molecule has 0 aliphatic carbocycles. The fourth-order valence-electron chi connectivity index (χ4n) is 2.02. The monoisotopic (exact) mass is 235 g/mol. The van der Waals surface area contributed by atoms with E-state index in [1.165, 1.54) is 18.4 Å². The van der Waals surface area contributed by atoms with Crippen molar-refractivity contribution in [2.24, 2.45) is 0 Å². The van der Waals surface area contributed by atoms with Crippen molar-refractivity contribution >= 4 is 0 Å². The first-order chi connectivity index (χ1) is 8.17.